The summed E-state index contributed by atoms with van der Waals surface area (Å²) in [5.74, 6) is 0.472. The Morgan fingerprint density at radius 2 is 1.91 bits per heavy atom. The summed E-state index contributed by atoms with van der Waals surface area (Å²) in [7, 11) is 1.65. The van der Waals surface area contributed by atoms with E-state index in [0.29, 0.717) is 30.7 Å². The lowest BCUT2D eigenvalue weighted by Gasteiger charge is -2.15. The molecule has 1 aromatic rings. The van der Waals surface area contributed by atoms with E-state index in [4.69, 9.17) is 4.74 Å². The molecule has 0 unspecified atom stereocenters. The van der Waals surface area contributed by atoms with Gasteiger partial charge in [-0.3, -0.25) is 4.79 Å². The molecule has 1 fully saturated rings. The van der Waals surface area contributed by atoms with Gasteiger partial charge in [0.25, 0.3) is 5.91 Å². The van der Waals surface area contributed by atoms with Crippen LogP contribution in [0.2, 0.25) is 0 Å². The summed E-state index contributed by atoms with van der Waals surface area (Å²) in [6, 6.07) is 0.455. The Bertz CT molecular complexity index is 442. The van der Waals surface area contributed by atoms with Crippen LogP contribution in [0.4, 0.5) is 5.95 Å². The number of hydrogen-bond acceptors (Lipinski definition) is 5. The quantitative estimate of drug-likeness (QED) is 0.597. The van der Waals surface area contributed by atoms with E-state index in [1.165, 1.54) is 38.5 Å². The first-order valence-corrected chi connectivity index (χ1v) is 8.15. The number of aromatic nitrogens is 2. The highest BCUT2D eigenvalue weighted by atomic mass is 16.5. The zero-order chi connectivity index (χ0) is 15.6. The first kappa shape index (κ1) is 16.7. The normalized spacial score (nSPS) is 16.0. The van der Waals surface area contributed by atoms with Gasteiger partial charge in [-0.1, -0.05) is 25.7 Å². The standard InChI is InChI=1S/C16H26N4O2/c1-22-10-6-9-17-15(21)13-11-18-16(19-12-13)20-14-7-4-2-3-5-8-14/h11-12,14H,2-10H2,1H3,(H,17,21)(H,18,19,20). The number of ether oxygens (including phenoxy) is 1. The summed E-state index contributed by atoms with van der Waals surface area (Å²) in [5.41, 5.74) is 0.490. The van der Waals surface area contributed by atoms with Crippen molar-refractivity contribution in [1.29, 1.82) is 0 Å². The fourth-order valence-electron chi connectivity index (χ4n) is 2.65. The van der Waals surface area contributed by atoms with Crippen molar-refractivity contribution < 1.29 is 9.53 Å². The average Bonchev–Trinajstić information content (AvgIpc) is 2.81. The summed E-state index contributed by atoms with van der Waals surface area (Å²) < 4.78 is 4.94. The van der Waals surface area contributed by atoms with Crippen molar-refractivity contribution in [1.82, 2.24) is 15.3 Å². The van der Waals surface area contributed by atoms with E-state index in [-0.39, 0.29) is 5.91 Å². The van der Waals surface area contributed by atoms with Crippen molar-refractivity contribution in [2.24, 2.45) is 0 Å². The molecule has 1 saturated carbocycles. The van der Waals surface area contributed by atoms with Gasteiger partial charge < -0.3 is 15.4 Å². The van der Waals surface area contributed by atoms with Crippen LogP contribution in [0.25, 0.3) is 0 Å². The molecular weight excluding hydrogens is 280 g/mol. The molecule has 0 spiro atoms. The molecular formula is C16H26N4O2. The molecule has 122 valence electrons. The second-order valence-electron chi connectivity index (χ2n) is 5.73. The molecule has 1 amide bonds. The predicted octanol–water partition coefficient (Wildman–Crippen LogP) is 2.38. The third-order valence-electron chi connectivity index (χ3n) is 3.91. The van der Waals surface area contributed by atoms with Crippen LogP contribution in [0.5, 0.6) is 0 Å². The topological polar surface area (TPSA) is 76.1 Å². The number of carbonyl (C=O) groups is 1. The Hall–Kier alpha value is -1.69. The molecule has 0 atom stereocenters. The van der Waals surface area contributed by atoms with Gasteiger partial charge in [0, 0.05) is 38.7 Å². The second kappa shape index (κ2) is 9.35. The third kappa shape index (κ3) is 5.60. The summed E-state index contributed by atoms with van der Waals surface area (Å²) in [5, 5.41) is 6.20. The molecule has 2 rings (SSSR count). The van der Waals surface area contributed by atoms with Crippen molar-refractivity contribution >= 4 is 11.9 Å². The highest BCUT2D eigenvalue weighted by Crippen LogP contribution is 2.19. The summed E-state index contributed by atoms with van der Waals surface area (Å²) in [6.07, 6.45) is 11.5. The minimum absolute atomic E-state index is 0.142. The lowest BCUT2D eigenvalue weighted by Crippen LogP contribution is -2.26. The Kier molecular flexibility index (Phi) is 7.09. The van der Waals surface area contributed by atoms with E-state index in [2.05, 4.69) is 20.6 Å². The molecule has 1 heterocycles. The number of amides is 1. The lowest BCUT2D eigenvalue weighted by atomic mass is 10.1. The molecule has 1 aliphatic rings. The number of hydrogen-bond donors (Lipinski definition) is 2. The van der Waals surface area contributed by atoms with Crippen molar-refractivity contribution in [2.45, 2.75) is 51.0 Å². The molecule has 0 bridgehead atoms. The summed E-state index contributed by atoms with van der Waals surface area (Å²) in [4.78, 5) is 20.4. The minimum atomic E-state index is -0.142. The first-order chi connectivity index (χ1) is 10.8. The van der Waals surface area contributed by atoms with Gasteiger partial charge in [0.15, 0.2) is 0 Å². The molecule has 6 nitrogen and oxygen atoms in total. The van der Waals surface area contributed by atoms with Crippen molar-refractivity contribution in [3.63, 3.8) is 0 Å². The number of carbonyl (C=O) groups excluding carboxylic acids is 1. The number of anilines is 1. The molecule has 0 radical (unpaired) electrons. The van der Waals surface area contributed by atoms with E-state index in [9.17, 15) is 4.79 Å². The van der Waals surface area contributed by atoms with Gasteiger partial charge in [0.05, 0.1) is 5.56 Å². The molecule has 6 heteroatoms. The number of rotatable bonds is 7. The maximum absolute atomic E-state index is 11.9. The first-order valence-electron chi connectivity index (χ1n) is 8.15. The van der Waals surface area contributed by atoms with E-state index >= 15 is 0 Å². The van der Waals surface area contributed by atoms with Crippen LogP contribution in [0.3, 0.4) is 0 Å². The monoisotopic (exact) mass is 306 g/mol. The molecule has 1 aliphatic carbocycles. The van der Waals surface area contributed by atoms with Crippen LogP contribution in [0.15, 0.2) is 12.4 Å². The predicted molar refractivity (Wildman–Crippen MR) is 86.0 cm³/mol. The Balaban J connectivity index is 1.80. The van der Waals surface area contributed by atoms with Crippen LogP contribution in [-0.4, -0.2) is 42.2 Å². The smallest absolute Gasteiger partial charge is 0.254 e. The second-order valence-corrected chi connectivity index (χ2v) is 5.73. The van der Waals surface area contributed by atoms with Gasteiger partial charge in [-0.25, -0.2) is 9.97 Å². The van der Waals surface area contributed by atoms with E-state index in [0.717, 1.165) is 6.42 Å². The third-order valence-corrected chi connectivity index (χ3v) is 3.91. The van der Waals surface area contributed by atoms with Crippen molar-refractivity contribution in [2.75, 3.05) is 25.6 Å². The van der Waals surface area contributed by atoms with Crippen LogP contribution in [0, 0.1) is 0 Å². The van der Waals surface area contributed by atoms with E-state index in [1.807, 2.05) is 0 Å². The molecule has 2 N–H and O–H groups in total. The maximum atomic E-state index is 11.9. The fourth-order valence-corrected chi connectivity index (χ4v) is 2.65. The maximum Gasteiger partial charge on any atom is 0.254 e. The largest absolute Gasteiger partial charge is 0.385 e. The van der Waals surface area contributed by atoms with Gasteiger partial charge in [0.1, 0.15) is 0 Å². The van der Waals surface area contributed by atoms with Gasteiger partial charge in [-0.2, -0.15) is 0 Å². The van der Waals surface area contributed by atoms with Gasteiger partial charge >= 0.3 is 0 Å². The molecule has 1 aromatic heterocycles. The van der Waals surface area contributed by atoms with Crippen molar-refractivity contribution in [3.8, 4) is 0 Å². The van der Waals surface area contributed by atoms with E-state index < -0.39 is 0 Å². The SMILES string of the molecule is COCCCNC(=O)c1cnc(NC2CCCCCC2)nc1. The Morgan fingerprint density at radius 3 is 2.55 bits per heavy atom. The number of nitrogens with zero attached hydrogens (tertiary/aromatic N) is 2. The zero-order valence-corrected chi connectivity index (χ0v) is 13.3. The molecule has 0 saturated heterocycles. The van der Waals surface area contributed by atoms with Crippen molar-refractivity contribution in [3.05, 3.63) is 18.0 Å². The average molecular weight is 306 g/mol. The minimum Gasteiger partial charge on any atom is -0.385 e. The van der Waals surface area contributed by atoms with Crippen LogP contribution >= 0.6 is 0 Å². The van der Waals surface area contributed by atoms with Gasteiger partial charge in [-0.15, -0.1) is 0 Å². The van der Waals surface area contributed by atoms with Gasteiger partial charge in [0.2, 0.25) is 5.95 Å². The fraction of sp³-hybridized carbons (Fsp3) is 0.688. The number of methoxy groups -OCH3 is 1. The van der Waals surface area contributed by atoms with Crippen LogP contribution in [0.1, 0.15) is 55.3 Å². The molecule has 0 aromatic carbocycles. The Morgan fingerprint density at radius 1 is 1.23 bits per heavy atom. The van der Waals surface area contributed by atoms with Crippen LogP contribution < -0.4 is 10.6 Å². The highest BCUT2D eigenvalue weighted by Gasteiger charge is 2.13. The summed E-state index contributed by atoms with van der Waals surface area (Å²) in [6.45, 7) is 1.23. The van der Waals surface area contributed by atoms with Crippen LogP contribution in [-0.2, 0) is 4.74 Å². The Labute approximate surface area is 132 Å². The highest BCUT2D eigenvalue weighted by molar-refractivity contribution is 5.93. The zero-order valence-electron chi connectivity index (χ0n) is 13.3. The molecule has 22 heavy (non-hydrogen) atoms. The lowest BCUT2D eigenvalue weighted by molar-refractivity contribution is 0.0948. The molecule has 0 aliphatic heterocycles. The number of nitrogens with one attached hydrogen (secondary N) is 2. The van der Waals surface area contributed by atoms with Gasteiger partial charge in [-0.05, 0) is 19.3 Å². The van der Waals surface area contributed by atoms with E-state index in [1.54, 1.807) is 19.5 Å². The summed E-state index contributed by atoms with van der Waals surface area (Å²) >= 11 is 0.